The summed E-state index contributed by atoms with van der Waals surface area (Å²) in [6.07, 6.45) is 0. The molecule has 0 aliphatic carbocycles. The van der Waals surface area contributed by atoms with Crippen LogP contribution >= 0.6 is 11.3 Å². The number of anilines is 2. The van der Waals surface area contributed by atoms with E-state index in [4.69, 9.17) is 5.26 Å². The van der Waals surface area contributed by atoms with Gasteiger partial charge in [-0.3, -0.25) is 9.10 Å². The van der Waals surface area contributed by atoms with Crippen molar-refractivity contribution < 1.29 is 13.2 Å². The summed E-state index contributed by atoms with van der Waals surface area (Å²) in [7, 11) is -2.29. The Labute approximate surface area is 161 Å². The van der Waals surface area contributed by atoms with Crippen LogP contribution in [0.3, 0.4) is 0 Å². The van der Waals surface area contributed by atoms with Gasteiger partial charge in [0.1, 0.15) is 0 Å². The zero-order chi connectivity index (χ0) is 19.4. The number of amides is 1. The summed E-state index contributed by atoms with van der Waals surface area (Å²) < 4.78 is 26.7. The SMILES string of the molecule is CN(c1ccccc1)S(=O)(=O)c1csc(C(=O)Nc2ccc(C#N)cc2)c1. The number of carbonyl (C=O) groups is 1. The summed E-state index contributed by atoms with van der Waals surface area (Å²) in [6.45, 7) is 0. The fourth-order valence-electron chi connectivity index (χ4n) is 2.33. The lowest BCUT2D eigenvalue weighted by molar-refractivity contribution is 0.103. The molecule has 8 heteroatoms. The molecule has 0 atom stereocenters. The van der Waals surface area contributed by atoms with E-state index in [1.54, 1.807) is 54.6 Å². The molecule has 0 aliphatic rings. The topological polar surface area (TPSA) is 90.3 Å². The predicted molar refractivity (Wildman–Crippen MR) is 105 cm³/mol. The lowest BCUT2D eigenvalue weighted by Crippen LogP contribution is -2.26. The second-order valence-corrected chi connectivity index (χ2v) is 8.48. The number of hydrogen-bond acceptors (Lipinski definition) is 5. The van der Waals surface area contributed by atoms with Gasteiger partial charge in [0.25, 0.3) is 15.9 Å². The summed E-state index contributed by atoms with van der Waals surface area (Å²) in [5, 5.41) is 12.9. The van der Waals surface area contributed by atoms with Gasteiger partial charge >= 0.3 is 0 Å². The molecule has 1 heterocycles. The van der Waals surface area contributed by atoms with Gasteiger partial charge in [-0.25, -0.2) is 8.42 Å². The van der Waals surface area contributed by atoms with Crippen molar-refractivity contribution in [3.05, 3.63) is 76.5 Å². The lowest BCUT2D eigenvalue weighted by Gasteiger charge is -2.18. The van der Waals surface area contributed by atoms with Crippen LogP contribution in [-0.4, -0.2) is 21.4 Å². The highest BCUT2D eigenvalue weighted by atomic mass is 32.2. The Bertz CT molecular complexity index is 1100. The van der Waals surface area contributed by atoms with Crippen molar-refractivity contribution in [2.45, 2.75) is 4.90 Å². The molecule has 0 spiro atoms. The third-order valence-corrected chi connectivity index (χ3v) is 6.69. The van der Waals surface area contributed by atoms with Gasteiger partial charge in [0.2, 0.25) is 0 Å². The monoisotopic (exact) mass is 397 g/mol. The fraction of sp³-hybridized carbons (Fsp3) is 0.0526. The number of benzene rings is 2. The van der Waals surface area contributed by atoms with Crippen molar-refractivity contribution in [2.75, 3.05) is 16.7 Å². The highest BCUT2D eigenvalue weighted by Gasteiger charge is 2.24. The number of sulfonamides is 1. The first-order valence-electron chi connectivity index (χ1n) is 7.86. The van der Waals surface area contributed by atoms with E-state index in [0.717, 1.165) is 11.3 Å². The van der Waals surface area contributed by atoms with Crippen LogP contribution in [0.5, 0.6) is 0 Å². The van der Waals surface area contributed by atoms with Crippen molar-refractivity contribution in [3.63, 3.8) is 0 Å². The number of nitrogens with zero attached hydrogens (tertiary/aromatic N) is 2. The maximum atomic E-state index is 12.8. The quantitative estimate of drug-likeness (QED) is 0.711. The van der Waals surface area contributed by atoms with E-state index in [1.807, 2.05) is 6.07 Å². The van der Waals surface area contributed by atoms with E-state index in [2.05, 4.69) is 5.32 Å². The molecule has 3 rings (SSSR count). The first-order valence-corrected chi connectivity index (χ1v) is 10.2. The number of carbonyl (C=O) groups excluding carboxylic acids is 1. The van der Waals surface area contributed by atoms with Crippen LogP contribution < -0.4 is 9.62 Å². The molecule has 0 saturated carbocycles. The van der Waals surface area contributed by atoms with Gasteiger partial charge in [0, 0.05) is 18.1 Å². The van der Waals surface area contributed by atoms with Gasteiger partial charge in [0.05, 0.1) is 27.1 Å². The highest BCUT2D eigenvalue weighted by molar-refractivity contribution is 7.93. The Morgan fingerprint density at radius 1 is 1.11 bits per heavy atom. The summed E-state index contributed by atoms with van der Waals surface area (Å²) in [5.41, 5.74) is 1.55. The van der Waals surface area contributed by atoms with Gasteiger partial charge in [-0.2, -0.15) is 5.26 Å². The van der Waals surface area contributed by atoms with E-state index >= 15 is 0 Å². The van der Waals surface area contributed by atoms with Crippen molar-refractivity contribution in [3.8, 4) is 6.07 Å². The molecule has 1 amide bonds. The number of hydrogen-bond donors (Lipinski definition) is 1. The minimum Gasteiger partial charge on any atom is -0.321 e. The van der Waals surface area contributed by atoms with Gasteiger partial charge < -0.3 is 5.32 Å². The van der Waals surface area contributed by atoms with Crippen LogP contribution in [0.1, 0.15) is 15.2 Å². The Kier molecular flexibility index (Phi) is 5.26. The van der Waals surface area contributed by atoms with E-state index in [-0.39, 0.29) is 9.77 Å². The minimum atomic E-state index is -3.76. The highest BCUT2D eigenvalue weighted by Crippen LogP contribution is 2.26. The molecular formula is C19H15N3O3S2. The average Bonchev–Trinajstić information content (AvgIpc) is 3.20. The molecular weight excluding hydrogens is 382 g/mol. The van der Waals surface area contributed by atoms with Crippen LogP contribution in [0.4, 0.5) is 11.4 Å². The van der Waals surface area contributed by atoms with Crippen LogP contribution in [-0.2, 0) is 10.0 Å². The third-order valence-electron chi connectivity index (χ3n) is 3.85. The predicted octanol–water partition coefficient (Wildman–Crippen LogP) is 3.70. The number of rotatable bonds is 5. The third kappa shape index (κ3) is 4.00. The van der Waals surface area contributed by atoms with Crippen LogP contribution in [0.25, 0.3) is 0 Å². The maximum absolute atomic E-state index is 12.8. The largest absolute Gasteiger partial charge is 0.321 e. The fourth-order valence-corrected chi connectivity index (χ4v) is 4.68. The molecule has 1 N–H and O–H groups in total. The second kappa shape index (κ2) is 7.61. The Morgan fingerprint density at radius 3 is 2.41 bits per heavy atom. The number of thiophene rings is 1. The zero-order valence-electron chi connectivity index (χ0n) is 14.3. The van der Waals surface area contributed by atoms with Gasteiger partial charge in [-0.1, -0.05) is 18.2 Å². The van der Waals surface area contributed by atoms with Gasteiger partial charge in [-0.15, -0.1) is 11.3 Å². The standard InChI is InChI=1S/C19H15N3O3S2/c1-22(16-5-3-2-4-6-16)27(24,25)17-11-18(26-13-17)19(23)21-15-9-7-14(12-20)8-10-15/h2-11,13H,1H3,(H,21,23). The molecule has 6 nitrogen and oxygen atoms in total. The van der Waals surface area contributed by atoms with Crippen molar-refractivity contribution in [1.29, 1.82) is 5.26 Å². The number of nitrogens with one attached hydrogen (secondary N) is 1. The number of para-hydroxylation sites is 1. The first kappa shape index (κ1) is 18.6. The molecule has 136 valence electrons. The Morgan fingerprint density at radius 2 is 1.78 bits per heavy atom. The van der Waals surface area contributed by atoms with E-state index in [1.165, 1.54) is 22.8 Å². The smallest absolute Gasteiger partial charge is 0.265 e. The van der Waals surface area contributed by atoms with Crippen LogP contribution in [0.15, 0.2) is 70.9 Å². The first-order chi connectivity index (χ1) is 12.9. The number of nitriles is 1. The summed E-state index contributed by atoms with van der Waals surface area (Å²) in [6, 6.07) is 18.5. The van der Waals surface area contributed by atoms with Crippen LogP contribution in [0.2, 0.25) is 0 Å². The molecule has 27 heavy (non-hydrogen) atoms. The summed E-state index contributed by atoms with van der Waals surface area (Å²) >= 11 is 1.05. The second-order valence-electron chi connectivity index (χ2n) is 5.60. The molecule has 0 saturated heterocycles. The molecule has 0 aliphatic heterocycles. The Hall–Kier alpha value is -3.15. The summed E-state index contributed by atoms with van der Waals surface area (Å²) in [5.74, 6) is -0.409. The van der Waals surface area contributed by atoms with Crippen molar-refractivity contribution >= 4 is 38.6 Å². The van der Waals surface area contributed by atoms with E-state index in [9.17, 15) is 13.2 Å². The molecule has 1 aromatic heterocycles. The van der Waals surface area contributed by atoms with Gasteiger partial charge in [-0.05, 0) is 42.5 Å². The van der Waals surface area contributed by atoms with E-state index in [0.29, 0.717) is 16.9 Å². The van der Waals surface area contributed by atoms with Crippen molar-refractivity contribution in [2.24, 2.45) is 0 Å². The lowest BCUT2D eigenvalue weighted by atomic mass is 10.2. The molecule has 0 radical (unpaired) electrons. The molecule has 2 aromatic carbocycles. The Balaban J connectivity index is 1.79. The average molecular weight is 397 g/mol. The maximum Gasteiger partial charge on any atom is 0.265 e. The molecule has 0 fully saturated rings. The molecule has 3 aromatic rings. The van der Waals surface area contributed by atoms with Crippen LogP contribution in [0, 0.1) is 11.3 Å². The minimum absolute atomic E-state index is 0.0591. The van der Waals surface area contributed by atoms with E-state index < -0.39 is 15.9 Å². The van der Waals surface area contributed by atoms with Gasteiger partial charge in [0.15, 0.2) is 0 Å². The summed E-state index contributed by atoms with van der Waals surface area (Å²) in [4.78, 5) is 12.7. The normalized spacial score (nSPS) is 10.8. The zero-order valence-corrected chi connectivity index (χ0v) is 15.9. The molecule has 0 unspecified atom stereocenters. The van der Waals surface area contributed by atoms with Crippen molar-refractivity contribution in [1.82, 2.24) is 0 Å². The molecule has 0 bridgehead atoms.